The number of nitriles is 1. The Morgan fingerprint density at radius 2 is 2.29 bits per heavy atom. The smallest absolute Gasteiger partial charge is 0.149 e. The standard InChI is InChI=1S/C12H11N5/c13-5-10-4-11(14)12(17-8-10)16-7-9-2-1-3-15-6-9/h1-4,6,8H,7,14H2,(H,16,17). The molecule has 2 aromatic rings. The number of pyridine rings is 2. The number of nitrogen functional groups attached to an aromatic ring is 1. The van der Waals surface area contributed by atoms with Crippen molar-refractivity contribution in [2.24, 2.45) is 0 Å². The molecule has 84 valence electrons. The molecule has 5 heteroatoms. The van der Waals surface area contributed by atoms with Crippen LogP contribution in [0.5, 0.6) is 0 Å². The van der Waals surface area contributed by atoms with E-state index in [4.69, 9.17) is 11.0 Å². The summed E-state index contributed by atoms with van der Waals surface area (Å²) in [5.74, 6) is 0.577. The molecule has 3 N–H and O–H groups in total. The van der Waals surface area contributed by atoms with Gasteiger partial charge in [0.1, 0.15) is 11.9 Å². The summed E-state index contributed by atoms with van der Waals surface area (Å²) in [5.41, 5.74) is 7.73. The lowest BCUT2D eigenvalue weighted by molar-refractivity contribution is 1.09. The van der Waals surface area contributed by atoms with Crippen molar-refractivity contribution in [2.45, 2.75) is 6.54 Å². The number of anilines is 2. The number of nitrogens with zero attached hydrogens (tertiary/aromatic N) is 3. The molecule has 0 saturated carbocycles. The Morgan fingerprint density at radius 1 is 1.41 bits per heavy atom. The maximum atomic E-state index is 8.69. The number of rotatable bonds is 3. The Balaban J connectivity index is 2.08. The molecule has 0 spiro atoms. The molecule has 0 aliphatic carbocycles. The third-order valence-electron chi connectivity index (χ3n) is 2.23. The monoisotopic (exact) mass is 225 g/mol. The molecule has 0 saturated heterocycles. The second kappa shape index (κ2) is 4.94. The Labute approximate surface area is 98.9 Å². The number of nitrogens with two attached hydrogens (primary N) is 1. The zero-order valence-electron chi connectivity index (χ0n) is 9.09. The first-order chi connectivity index (χ1) is 8.29. The van der Waals surface area contributed by atoms with Crippen molar-refractivity contribution in [1.29, 1.82) is 5.26 Å². The van der Waals surface area contributed by atoms with Gasteiger partial charge in [-0.05, 0) is 17.7 Å². The minimum atomic E-state index is 0.453. The highest BCUT2D eigenvalue weighted by Crippen LogP contribution is 2.16. The van der Waals surface area contributed by atoms with E-state index in [1.165, 1.54) is 6.20 Å². The summed E-state index contributed by atoms with van der Waals surface area (Å²) < 4.78 is 0. The lowest BCUT2D eigenvalue weighted by atomic mass is 10.2. The van der Waals surface area contributed by atoms with Gasteiger partial charge in [0.25, 0.3) is 0 Å². The van der Waals surface area contributed by atoms with Crippen molar-refractivity contribution < 1.29 is 0 Å². The third kappa shape index (κ3) is 2.69. The van der Waals surface area contributed by atoms with Gasteiger partial charge in [-0.3, -0.25) is 4.98 Å². The minimum Gasteiger partial charge on any atom is -0.396 e. The molecule has 0 aliphatic heterocycles. The van der Waals surface area contributed by atoms with Gasteiger partial charge >= 0.3 is 0 Å². The van der Waals surface area contributed by atoms with E-state index in [1.54, 1.807) is 18.5 Å². The quantitative estimate of drug-likeness (QED) is 0.827. The fraction of sp³-hybridized carbons (Fsp3) is 0.0833. The molecule has 0 bridgehead atoms. The highest BCUT2D eigenvalue weighted by atomic mass is 15.0. The lowest BCUT2D eigenvalue weighted by Crippen LogP contribution is -2.05. The largest absolute Gasteiger partial charge is 0.396 e. The first-order valence-corrected chi connectivity index (χ1v) is 5.08. The number of nitrogens with one attached hydrogen (secondary N) is 1. The summed E-state index contributed by atoms with van der Waals surface area (Å²) in [6.07, 6.45) is 4.98. The highest BCUT2D eigenvalue weighted by molar-refractivity contribution is 5.63. The van der Waals surface area contributed by atoms with Gasteiger partial charge in [0.2, 0.25) is 0 Å². The van der Waals surface area contributed by atoms with Crippen LogP contribution in [0.2, 0.25) is 0 Å². The van der Waals surface area contributed by atoms with Crippen molar-refractivity contribution in [3.63, 3.8) is 0 Å². The van der Waals surface area contributed by atoms with Crippen molar-refractivity contribution in [1.82, 2.24) is 9.97 Å². The van der Waals surface area contributed by atoms with Gasteiger partial charge in [0.15, 0.2) is 0 Å². The minimum absolute atomic E-state index is 0.453. The maximum absolute atomic E-state index is 8.69. The second-order valence-electron chi connectivity index (χ2n) is 3.49. The van der Waals surface area contributed by atoms with Gasteiger partial charge in [-0.1, -0.05) is 6.07 Å². The van der Waals surface area contributed by atoms with Crippen LogP contribution in [0.25, 0.3) is 0 Å². The Bertz CT molecular complexity index is 545. The zero-order valence-corrected chi connectivity index (χ0v) is 9.09. The Kier molecular flexibility index (Phi) is 3.17. The molecular weight excluding hydrogens is 214 g/mol. The molecule has 5 nitrogen and oxygen atoms in total. The molecule has 0 aromatic carbocycles. The van der Waals surface area contributed by atoms with Crippen LogP contribution in [0.3, 0.4) is 0 Å². The predicted octanol–water partition coefficient (Wildman–Crippen LogP) is 1.54. The summed E-state index contributed by atoms with van der Waals surface area (Å²) in [6, 6.07) is 7.41. The Morgan fingerprint density at radius 3 is 2.94 bits per heavy atom. The van der Waals surface area contributed by atoms with Gasteiger partial charge in [-0.2, -0.15) is 5.26 Å². The summed E-state index contributed by atoms with van der Waals surface area (Å²) in [4.78, 5) is 8.10. The molecule has 2 aromatic heterocycles. The maximum Gasteiger partial charge on any atom is 0.149 e. The summed E-state index contributed by atoms with van der Waals surface area (Å²) in [7, 11) is 0. The molecule has 2 rings (SSSR count). The van der Waals surface area contributed by atoms with E-state index in [0.717, 1.165) is 5.56 Å². The van der Waals surface area contributed by atoms with Crippen LogP contribution >= 0.6 is 0 Å². The van der Waals surface area contributed by atoms with Crippen LogP contribution in [0.4, 0.5) is 11.5 Å². The van der Waals surface area contributed by atoms with Gasteiger partial charge in [0, 0.05) is 25.1 Å². The van der Waals surface area contributed by atoms with Gasteiger partial charge in [0.05, 0.1) is 11.3 Å². The molecule has 17 heavy (non-hydrogen) atoms. The number of aromatic nitrogens is 2. The fourth-order valence-corrected chi connectivity index (χ4v) is 1.38. The van der Waals surface area contributed by atoms with E-state index in [0.29, 0.717) is 23.6 Å². The highest BCUT2D eigenvalue weighted by Gasteiger charge is 2.02. The predicted molar refractivity (Wildman–Crippen MR) is 64.9 cm³/mol. The number of hydrogen-bond donors (Lipinski definition) is 2. The van der Waals surface area contributed by atoms with Crippen LogP contribution in [-0.4, -0.2) is 9.97 Å². The molecule has 0 unspecified atom stereocenters. The van der Waals surface area contributed by atoms with E-state index in [9.17, 15) is 0 Å². The van der Waals surface area contributed by atoms with E-state index >= 15 is 0 Å². The van der Waals surface area contributed by atoms with E-state index in [-0.39, 0.29) is 0 Å². The number of hydrogen-bond acceptors (Lipinski definition) is 5. The van der Waals surface area contributed by atoms with Crippen molar-refractivity contribution >= 4 is 11.5 Å². The van der Waals surface area contributed by atoms with E-state index in [2.05, 4.69) is 15.3 Å². The molecule has 0 aliphatic rings. The van der Waals surface area contributed by atoms with Crippen LogP contribution in [0.1, 0.15) is 11.1 Å². The van der Waals surface area contributed by atoms with Crippen LogP contribution < -0.4 is 11.1 Å². The normalized spacial score (nSPS) is 9.59. The first kappa shape index (κ1) is 10.9. The molecule has 0 atom stereocenters. The molecule has 0 radical (unpaired) electrons. The topological polar surface area (TPSA) is 87.6 Å². The first-order valence-electron chi connectivity index (χ1n) is 5.08. The van der Waals surface area contributed by atoms with Crippen LogP contribution in [0, 0.1) is 11.3 Å². The van der Waals surface area contributed by atoms with Crippen molar-refractivity contribution in [2.75, 3.05) is 11.1 Å². The third-order valence-corrected chi connectivity index (χ3v) is 2.23. The van der Waals surface area contributed by atoms with Gasteiger partial charge in [-0.25, -0.2) is 4.98 Å². The molecule has 2 heterocycles. The molecule has 0 fully saturated rings. The van der Waals surface area contributed by atoms with Gasteiger partial charge < -0.3 is 11.1 Å². The molecular formula is C12H11N5. The zero-order chi connectivity index (χ0) is 12.1. The van der Waals surface area contributed by atoms with E-state index < -0.39 is 0 Å². The van der Waals surface area contributed by atoms with Crippen LogP contribution in [0.15, 0.2) is 36.8 Å². The summed E-state index contributed by atoms with van der Waals surface area (Å²) >= 11 is 0. The summed E-state index contributed by atoms with van der Waals surface area (Å²) in [6.45, 7) is 0.594. The van der Waals surface area contributed by atoms with Crippen molar-refractivity contribution in [3.8, 4) is 6.07 Å². The Hall–Kier alpha value is -2.61. The fourth-order valence-electron chi connectivity index (χ4n) is 1.38. The average molecular weight is 225 g/mol. The lowest BCUT2D eigenvalue weighted by Gasteiger charge is -2.07. The summed E-state index contributed by atoms with van der Waals surface area (Å²) in [5, 5.41) is 11.8. The van der Waals surface area contributed by atoms with E-state index in [1.807, 2.05) is 18.2 Å². The SMILES string of the molecule is N#Cc1cnc(NCc2cccnc2)c(N)c1. The molecule has 0 amide bonds. The van der Waals surface area contributed by atoms with Gasteiger partial charge in [-0.15, -0.1) is 0 Å². The average Bonchev–Trinajstić information content (AvgIpc) is 2.38. The van der Waals surface area contributed by atoms with Crippen molar-refractivity contribution in [3.05, 3.63) is 47.9 Å². The van der Waals surface area contributed by atoms with Crippen LogP contribution in [-0.2, 0) is 6.54 Å². The second-order valence-corrected chi connectivity index (χ2v) is 3.49.